The number of aryl methyl sites for hydroxylation is 1. The van der Waals surface area contributed by atoms with Crippen LogP contribution in [0.4, 0.5) is 5.69 Å². The predicted octanol–water partition coefficient (Wildman–Crippen LogP) is 6.24. The smallest absolute Gasteiger partial charge is 0.243 e. The number of nitrogens with zero attached hydrogens (tertiary/aromatic N) is 2. The van der Waals surface area contributed by atoms with Crippen molar-refractivity contribution >= 4 is 34.8 Å². The molecule has 176 valence electrons. The highest BCUT2D eigenvalue weighted by Gasteiger charge is 2.21. The van der Waals surface area contributed by atoms with Gasteiger partial charge in [-0.3, -0.25) is 4.79 Å². The molecule has 0 spiro atoms. The van der Waals surface area contributed by atoms with E-state index in [4.69, 9.17) is 27.9 Å². The average molecular weight is 496 g/mol. The standard InChI is InChI=1S/C27H27Cl2N3O2/c1-20-4-2-3-5-25(20)30-27(33)17-32-15-14-31(19-32)16-26(22-8-12-24(29)13-9-22)34-18-21-6-10-23(28)11-7-21/h2-15,26H,16-19H2,1H3,(H,30,33). The summed E-state index contributed by atoms with van der Waals surface area (Å²) in [5, 5.41) is 4.37. The van der Waals surface area contributed by atoms with Gasteiger partial charge >= 0.3 is 0 Å². The Morgan fingerprint density at radius 3 is 2.29 bits per heavy atom. The molecule has 0 fully saturated rings. The summed E-state index contributed by atoms with van der Waals surface area (Å²) in [7, 11) is 0. The minimum atomic E-state index is -0.168. The molecule has 34 heavy (non-hydrogen) atoms. The number of halogens is 2. The Labute approximate surface area is 210 Å². The fourth-order valence-electron chi connectivity index (χ4n) is 3.75. The van der Waals surface area contributed by atoms with E-state index in [2.05, 4.69) is 10.2 Å². The molecule has 0 bridgehead atoms. The summed E-state index contributed by atoms with van der Waals surface area (Å²) in [4.78, 5) is 16.7. The Kier molecular flexibility index (Phi) is 8.12. The number of hydrogen-bond acceptors (Lipinski definition) is 4. The van der Waals surface area contributed by atoms with Gasteiger partial charge in [-0.05, 0) is 53.9 Å². The van der Waals surface area contributed by atoms with E-state index in [0.717, 1.165) is 22.4 Å². The molecule has 1 unspecified atom stereocenters. The average Bonchev–Trinajstić information content (AvgIpc) is 3.26. The van der Waals surface area contributed by atoms with Crippen molar-refractivity contribution in [2.75, 3.05) is 25.1 Å². The van der Waals surface area contributed by atoms with Gasteiger partial charge in [-0.25, -0.2) is 0 Å². The summed E-state index contributed by atoms with van der Waals surface area (Å²) in [5.74, 6) is -0.0472. The third-order valence-electron chi connectivity index (χ3n) is 5.62. The van der Waals surface area contributed by atoms with E-state index in [-0.39, 0.29) is 18.6 Å². The van der Waals surface area contributed by atoms with Crippen molar-refractivity contribution in [2.24, 2.45) is 0 Å². The molecule has 0 saturated heterocycles. The Morgan fingerprint density at radius 1 is 0.941 bits per heavy atom. The van der Waals surface area contributed by atoms with Crippen LogP contribution in [0.1, 0.15) is 22.8 Å². The van der Waals surface area contributed by atoms with Gasteiger partial charge in [-0.15, -0.1) is 0 Å². The number of amides is 1. The predicted molar refractivity (Wildman–Crippen MR) is 138 cm³/mol. The molecule has 3 aromatic rings. The molecule has 0 aliphatic carbocycles. The largest absolute Gasteiger partial charge is 0.367 e. The Hall–Kier alpha value is -2.99. The van der Waals surface area contributed by atoms with Crippen LogP contribution in [-0.2, 0) is 16.1 Å². The number of ether oxygens (including phenoxy) is 1. The van der Waals surface area contributed by atoms with E-state index in [1.807, 2.05) is 97.0 Å². The van der Waals surface area contributed by atoms with Crippen LogP contribution in [-0.4, -0.2) is 35.5 Å². The molecule has 1 heterocycles. The molecule has 7 heteroatoms. The molecular formula is C27H27Cl2N3O2. The second-order valence-corrected chi connectivity index (χ2v) is 9.17. The Balaban J connectivity index is 1.35. The van der Waals surface area contributed by atoms with Crippen molar-refractivity contribution in [1.29, 1.82) is 0 Å². The highest BCUT2D eigenvalue weighted by atomic mass is 35.5. The number of rotatable bonds is 9. The van der Waals surface area contributed by atoms with Crippen LogP contribution < -0.4 is 5.32 Å². The number of para-hydroxylation sites is 1. The molecule has 1 aliphatic heterocycles. The van der Waals surface area contributed by atoms with E-state index in [9.17, 15) is 4.79 Å². The van der Waals surface area contributed by atoms with Gasteiger partial charge in [-0.2, -0.15) is 0 Å². The van der Waals surface area contributed by atoms with E-state index >= 15 is 0 Å². The monoisotopic (exact) mass is 495 g/mol. The minimum absolute atomic E-state index is 0.0472. The van der Waals surface area contributed by atoms with Crippen molar-refractivity contribution < 1.29 is 9.53 Å². The Morgan fingerprint density at radius 2 is 1.59 bits per heavy atom. The number of carbonyl (C=O) groups is 1. The Bertz CT molecular complexity index is 1130. The maximum atomic E-state index is 12.5. The third-order valence-corrected chi connectivity index (χ3v) is 6.13. The van der Waals surface area contributed by atoms with E-state index in [0.29, 0.717) is 29.9 Å². The van der Waals surface area contributed by atoms with Crippen LogP contribution in [0.3, 0.4) is 0 Å². The SMILES string of the molecule is Cc1ccccc1NC(=O)CN1C=CN(CC(OCc2ccc(Cl)cc2)c2ccc(Cl)cc2)C1. The summed E-state index contributed by atoms with van der Waals surface area (Å²) in [6, 6.07) is 23.1. The van der Waals surface area contributed by atoms with Crippen molar-refractivity contribution in [3.05, 3.63) is 112 Å². The fraction of sp³-hybridized carbons (Fsp3) is 0.222. The molecular weight excluding hydrogens is 469 g/mol. The molecule has 4 rings (SSSR count). The molecule has 1 N–H and O–H groups in total. The van der Waals surface area contributed by atoms with Crippen LogP contribution in [0.25, 0.3) is 0 Å². The first-order chi connectivity index (χ1) is 16.5. The molecule has 1 aliphatic rings. The van der Waals surface area contributed by atoms with Gasteiger partial charge in [0.15, 0.2) is 0 Å². The van der Waals surface area contributed by atoms with Crippen molar-refractivity contribution in [3.8, 4) is 0 Å². The van der Waals surface area contributed by atoms with E-state index < -0.39 is 0 Å². The molecule has 3 aromatic carbocycles. The quantitative estimate of drug-likeness (QED) is 0.381. The summed E-state index contributed by atoms with van der Waals surface area (Å²) >= 11 is 12.1. The highest BCUT2D eigenvalue weighted by Crippen LogP contribution is 2.24. The van der Waals surface area contributed by atoms with Crippen molar-refractivity contribution in [2.45, 2.75) is 19.6 Å². The first-order valence-electron chi connectivity index (χ1n) is 11.1. The maximum Gasteiger partial charge on any atom is 0.243 e. The van der Waals surface area contributed by atoms with Gasteiger partial charge in [-0.1, -0.05) is 65.7 Å². The lowest BCUT2D eigenvalue weighted by Gasteiger charge is -2.26. The lowest BCUT2D eigenvalue weighted by molar-refractivity contribution is -0.116. The van der Waals surface area contributed by atoms with Gasteiger partial charge in [0, 0.05) is 34.7 Å². The second kappa shape index (κ2) is 11.4. The molecule has 0 radical (unpaired) electrons. The molecule has 1 amide bonds. The summed E-state index contributed by atoms with van der Waals surface area (Å²) in [6.07, 6.45) is 3.77. The van der Waals surface area contributed by atoms with Crippen LogP contribution in [0, 0.1) is 6.92 Å². The van der Waals surface area contributed by atoms with Gasteiger partial charge < -0.3 is 19.9 Å². The zero-order valence-electron chi connectivity index (χ0n) is 19.0. The maximum absolute atomic E-state index is 12.5. The number of hydrogen-bond donors (Lipinski definition) is 1. The number of carbonyl (C=O) groups excluding carboxylic acids is 1. The van der Waals surface area contributed by atoms with Gasteiger partial charge in [0.25, 0.3) is 0 Å². The van der Waals surface area contributed by atoms with Crippen molar-refractivity contribution in [3.63, 3.8) is 0 Å². The van der Waals surface area contributed by atoms with Crippen LogP contribution in [0.15, 0.2) is 85.2 Å². The molecule has 0 saturated carbocycles. The lowest BCUT2D eigenvalue weighted by atomic mass is 10.1. The first-order valence-corrected chi connectivity index (χ1v) is 11.9. The van der Waals surface area contributed by atoms with Crippen LogP contribution in [0.5, 0.6) is 0 Å². The van der Waals surface area contributed by atoms with Gasteiger partial charge in [0.1, 0.15) is 6.10 Å². The van der Waals surface area contributed by atoms with E-state index in [1.165, 1.54) is 0 Å². The minimum Gasteiger partial charge on any atom is -0.367 e. The lowest BCUT2D eigenvalue weighted by Crippen LogP contribution is -2.34. The summed E-state index contributed by atoms with van der Waals surface area (Å²) < 4.78 is 6.30. The molecule has 1 atom stereocenters. The number of benzene rings is 3. The second-order valence-electron chi connectivity index (χ2n) is 8.30. The first kappa shape index (κ1) is 24.1. The molecule has 0 aromatic heterocycles. The third kappa shape index (κ3) is 6.76. The zero-order chi connectivity index (χ0) is 23.9. The number of anilines is 1. The topological polar surface area (TPSA) is 44.8 Å². The van der Waals surface area contributed by atoms with E-state index in [1.54, 1.807) is 0 Å². The van der Waals surface area contributed by atoms with Gasteiger partial charge in [0.2, 0.25) is 5.91 Å². The fourth-order valence-corrected chi connectivity index (χ4v) is 4.00. The normalized spacial score (nSPS) is 13.9. The van der Waals surface area contributed by atoms with Gasteiger partial charge in [0.05, 0.1) is 19.8 Å². The highest BCUT2D eigenvalue weighted by molar-refractivity contribution is 6.30. The summed E-state index contributed by atoms with van der Waals surface area (Å²) in [6.45, 7) is 3.97. The van der Waals surface area contributed by atoms with Crippen LogP contribution >= 0.6 is 23.2 Å². The van der Waals surface area contributed by atoms with Crippen molar-refractivity contribution in [1.82, 2.24) is 9.80 Å². The van der Waals surface area contributed by atoms with Crippen LogP contribution in [0.2, 0.25) is 10.0 Å². The number of nitrogens with one attached hydrogen (secondary N) is 1. The molecule has 5 nitrogen and oxygen atoms in total. The zero-order valence-corrected chi connectivity index (χ0v) is 20.5. The summed E-state index contributed by atoms with van der Waals surface area (Å²) in [5.41, 5.74) is 3.97.